The summed E-state index contributed by atoms with van der Waals surface area (Å²) in [7, 11) is 0. The van der Waals surface area contributed by atoms with E-state index in [-0.39, 0.29) is 0 Å². The van der Waals surface area contributed by atoms with Crippen LogP contribution in [0.2, 0.25) is 0 Å². The Bertz CT molecular complexity index is 638. The first-order valence-electron chi connectivity index (χ1n) is 8.84. The van der Waals surface area contributed by atoms with E-state index in [0.29, 0.717) is 12.0 Å². The second-order valence-electron chi connectivity index (χ2n) is 6.66. The zero-order valence-electron chi connectivity index (χ0n) is 13.9. The lowest BCUT2D eigenvalue weighted by atomic mass is 9.93. The average molecular weight is 340 g/mol. The molecule has 2 aromatic carbocycles. The van der Waals surface area contributed by atoms with Crippen molar-refractivity contribution < 1.29 is 0 Å². The van der Waals surface area contributed by atoms with Crippen LogP contribution in [-0.4, -0.2) is 42.6 Å². The Morgan fingerprint density at radius 3 is 2.38 bits per heavy atom. The second kappa shape index (κ2) is 7.70. The van der Waals surface area contributed by atoms with Crippen molar-refractivity contribution in [2.45, 2.75) is 6.04 Å². The zero-order valence-corrected chi connectivity index (χ0v) is 14.8. The molecule has 3 nitrogen and oxygen atoms in total. The number of hydrogen-bond donors (Lipinski definition) is 2. The summed E-state index contributed by atoms with van der Waals surface area (Å²) in [5, 5.41) is 0. The van der Waals surface area contributed by atoms with Crippen LogP contribution in [0.15, 0.2) is 54.6 Å². The molecule has 0 bridgehead atoms. The largest absolute Gasteiger partial charge is 0.301 e. The minimum Gasteiger partial charge on any atom is -0.301 e. The van der Waals surface area contributed by atoms with E-state index in [1.165, 1.54) is 47.8 Å². The number of thioether (sulfide) groups is 1. The van der Waals surface area contributed by atoms with E-state index in [1.54, 1.807) is 0 Å². The van der Waals surface area contributed by atoms with Gasteiger partial charge in [0.25, 0.3) is 0 Å². The molecular formula is C20H25N3S. The van der Waals surface area contributed by atoms with E-state index < -0.39 is 0 Å². The van der Waals surface area contributed by atoms with Crippen LogP contribution in [0.5, 0.6) is 0 Å². The molecule has 4 heteroatoms. The average Bonchev–Trinajstić information content (AvgIpc) is 3.11. The molecule has 2 N–H and O–H groups in total. The van der Waals surface area contributed by atoms with Gasteiger partial charge in [-0.25, -0.2) is 5.43 Å². The van der Waals surface area contributed by atoms with Gasteiger partial charge in [0.15, 0.2) is 0 Å². The normalized spacial score (nSPS) is 25.0. The van der Waals surface area contributed by atoms with E-state index in [9.17, 15) is 0 Å². The predicted octanol–water partition coefficient (Wildman–Crippen LogP) is 3.17. The topological polar surface area (TPSA) is 27.3 Å². The highest BCUT2D eigenvalue weighted by molar-refractivity contribution is 7.99. The van der Waals surface area contributed by atoms with E-state index in [2.05, 4.69) is 82.1 Å². The summed E-state index contributed by atoms with van der Waals surface area (Å²) >= 11 is 2.08. The zero-order chi connectivity index (χ0) is 16.2. The Labute approximate surface area is 148 Å². The number of benzene rings is 2. The Balaban J connectivity index is 1.46. The van der Waals surface area contributed by atoms with Crippen LogP contribution in [0.3, 0.4) is 0 Å². The fraction of sp³-hybridized carbons (Fsp3) is 0.400. The van der Waals surface area contributed by atoms with E-state index in [4.69, 9.17) is 0 Å². The molecule has 0 saturated carbocycles. The van der Waals surface area contributed by atoms with E-state index in [1.807, 2.05) is 0 Å². The van der Waals surface area contributed by atoms with Crippen LogP contribution >= 0.6 is 11.8 Å². The molecule has 2 aliphatic heterocycles. The lowest BCUT2D eigenvalue weighted by Gasteiger charge is -2.30. The number of rotatable bonds is 4. The van der Waals surface area contributed by atoms with E-state index >= 15 is 0 Å². The van der Waals surface area contributed by atoms with Gasteiger partial charge in [-0.15, -0.1) is 0 Å². The molecule has 0 radical (unpaired) electrons. The van der Waals surface area contributed by atoms with Crippen LogP contribution in [0.25, 0.3) is 11.1 Å². The summed E-state index contributed by atoms with van der Waals surface area (Å²) in [5.41, 5.74) is 10.8. The molecule has 2 heterocycles. The summed E-state index contributed by atoms with van der Waals surface area (Å²) in [4.78, 5) is 2.63. The predicted molar refractivity (Wildman–Crippen MR) is 103 cm³/mol. The Hall–Kier alpha value is -1.33. The molecule has 0 spiro atoms. The van der Waals surface area contributed by atoms with Gasteiger partial charge >= 0.3 is 0 Å². The minimum atomic E-state index is 0.407. The molecule has 2 atom stereocenters. The number of nitrogens with zero attached hydrogens (tertiary/aromatic N) is 1. The van der Waals surface area contributed by atoms with Crippen molar-refractivity contribution in [2.24, 2.45) is 5.92 Å². The van der Waals surface area contributed by atoms with Gasteiger partial charge in [-0.05, 0) is 16.7 Å². The van der Waals surface area contributed by atoms with Crippen LogP contribution < -0.4 is 10.9 Å². The molecule has 2 aromatic rings. The lowest BCUT2D eigenvalue weighted by molar-refractivity contribution is 0.246. The van der Waals surface area contributed by atoms with Crippen LogP contribution in [0, 0.1) is 5.92 Å². The first kappa shape index (κ1) is 16.2. The fourth-order valence-corrected chi connectivity index (χ4v) is 4.67. The molecule has 2 saturated heterocycles. The van der Waals surface area contributed by atoms with Gasteiger partial charge in [-0.2, -0.15) is 11.8 Å². The maximum atomic E-state index is 3.49. The molecular weight excluding hydrogens is 314 g/mol. The first-order chi connectivity index (χ1) is 11.9. The second-order valence-corrected chi connectivity index (χ2v) is 7.89. The lowest BCUT2D eigenvalue weighted by Crippen LogP contribution is -2.38. The van der Waals surface area contributed by atoms with Gasteiger partial charge in [0.1, 0.15) is 0 Å². The van der Waals surface area contributed by atoms with Gasteiger partial charge < -0.3 is 4.90 Å². The van der Waals surface area contributed by atoms with Crippen molar-refractivity contribution in [2.75, 3.05) is 37.7 Å². The maximum Gasteiger partial charge on any atom is 0.0515 e. The van der Waals surface area contributed by atoms with Gasteiger partial charge in [-0.1, -0.05) is 54.6 Å². The van der Waals surface area contributed by atoms with Crippen LogP contribution in [-0.2, 0) is 0 Å². The van der Waals surface area contributed by atoms with Crippen molar-refractivity contribution in [3.8, 4) is 11.1 Å². The maximum absolute atomic E-state index is 3.49. The molecule has 0 amide bonds. The Morgan fingerprint density at radius 2 is 1.62 bits per heavy atom. The SMILES string of the molecule is c1ccc(-c2ccc(C3NNCC3CN3CCSCC3)cc2)cc1. The van der Waals surface area contributed by atoms with Crippen molar-refractivity contribution in [1.82, 2.24) is 15.8 Å². The molecule has 24 heavy (non-hydrogen) atoms. The van der Waals surface area contributed by atoms with Crippen molar-refractivity contribution in [3.05, 3.63) is 60.2 Å². The minimum absolute atomic E-state index is 0.407. The monoisotopic (exact) mass is 339 g/mol. The van der Waals surface area contributed by atoms with Gasteiger partial charge in [0.05, 0.1) is 6.04 Å². The van der Waals surface area contributed by atoms with E-state index in [0.717, 1.165) is 6.54 Å². The fourth-order valence-electron chi connectivity index (χ4n) is 3.69. The van der Waals surface area contributed by atoms with Crippen molar-refractivity contribution in [1.29, 1.82) is 0 Å². The number of hydrogen-bond acceptors (Lipinski definition) is 4. The Kier molecular flexibility index (Phi) is 5.18. The summed E-state index contributed by atoms with van der Waals surface area (Å²) in [6, 6.07) is 20.1. The molecule has 2 aliphatic rings. The number of nitrogens with one attached hydrogen (secondary N) is 2. The third-order valence-electron chi connectivity index (χ3n) is 5.07. The third kappa shape index (κ3) is 3.67. The standard InChI is InChI=1S/C20H25N3S/c1-2-4-16(5-3-1)17-6-8-18(9-7-17)20-19(14-21-22-20)15-23-10-12-24-13-11-23/h1-9,19-22H,10-15H2. The van der Waals surface area contributed by atoms with Crippen LogP contribution in [0.1, 0.15) is 11.6 Å². The quantitative estimate of drug-likeness (QED) is 0.895. The molecule has 0 aromatic heterocycles. The highest BCUT2D eigenvalue weighted by Gasteiger charge is 2.30. The van der Waals surface area contributed by atoms with Gasteiger partial charge in [0.2, 0.25) is 0 Å². The Morgan fingerprint density at radius 1 is 0.917 bits per heavy atom. The van der Waals surface area contributed by atoms with Crippen molar-refractivity contribution in [3.63, 3.8) is 0 Å². The molecule has 4 rings (SSSR count). The summed E-state index contributed by atoms with van der Waals surface area (Å²) in [6.07, 6.45) is 0. The summed E-state index contributed by atoms with van der Waals surface area (Å²) < 4.78 is 0. The molecule has 0 aliphatic carbocycles. The molecule has 126 valence electrons. The summed E-state index contributed by atoms with van der Waals surface area (Å²) in [5.74, 6) is 3.20. The highest BCUT2D eigenvalue weighted by atomic mass is 32.2. The molecule has 2 unspecified atom stereocenters. The van der Waals surface area contributed by atoms with Gasteiger partial charge in [0, 0.05) is 43.6 Å². The smallest absolute Gasteiger partial charge is 0.0515 e. The third-order valence-corrected chi connectivity index (χ3v) is 6.01. The summed E-state index contributed by atoms with van der Waals surface area (Å²) in [6.45, 7) is 4.71. The van der Waals surface area contributed by atoms with Crippen molar-refractivity contribution >= 4 is 11.8 Å². The van der Waals surface area contributed by atoms with Crippen LogP contribution in [0.4, 0.5) is 0 Å². The highest BCUT2D eigenvalue weighted by Crippen LogP contribution is 2.28. The number of hydrazine groups is 1. The first-order valence-corrected chi connectivity index (χ1v) is 9.99. The van der Waals surface area contributed by atoms with Gasteiger partial charge in [-0.3, -0.25) is 5.43 Å². The molecule has 2 fully saturated rings.